The molecule has 0 saturated heterocycles. The lowest BCUT2D eigenvalue weighted by atomic mass is 10.0. The molecule has 40 heavy (non-hydrogen) atoms. The highest BCUT2D eigenvalue weighted by molar-refractivity contribution is 7.92. The first-order chi connectivity index (χ1) is 19.2. The van der Waals surface area contributed by atoms with E-state index in [1.165, 1.54) is 36.1 Å². The van der Waals surface area contributed by atoms with Crippen molar-refractivity contribution in [3.63, 3.8) is 0 Å². The summed E-state index contributed by atoms with van der Waals surface area (Å²) in [6, 6.07) is 18.9. The van der Waals surface area contributed by atoms with Crippen LogP contribution in [0.15, 0.2) is 88.7 Å². The minimum atomic E-state index is -4.30. The summed E-state index contributed by atoms with van der Waals surface area (Å²) in [7, 11) is -2.98. The van der Waals surface area contributed by atoms with Crippen molar-refractivity contribution in [1.29, 1.82) is 0 Å². The highest BCUT2D eigenvalue weighted by Gasteiger charge is 2.22. The monoisotopic (exact) mass is 563 g/mol. The van der Waals surface area contributed by atoms with Gasteiger partial charge in [-0.15, -0.1) is 0 Å². The molecule has 0 spiro atoms. The minimum Gasteiger partial charge on any atom is -0.480 e. The number of nitrogens with zero attached hydrogens (tertiary/aromatic N) is 3. The number of nitrogen functional groups attached to an aromatic ring is 1. The molecule has 5 rings (SSSR count). The number of nitrogens with one attached hydrogen (secondary N) is 1. The van der Waals surface area contributed by atoms with E-state index in [0.29, 0.717) is 22.3 Å². The molecular weight excluding hydrogens is 540 g/mol. The summed E-state index contributed by atoms with van der Waals surface area (Å²) in [5.41, 5.74) is 7.61. The number of anilines is 2. The molecule has 0 aliphatic rings. The van der Waals surface area contributed by atoms with Gasteiger partial charge in [0.1, 0.15) is 19.0 Å². The minimum absolute atomic E-state index is 0.0170. The number of halogens is 2. The molecule has 2 heterocycles. The van der Waals surface area contributed by atoms with Crippen LogP contribution in [-0.4, -0.2) is 30.1 Å². The zero-order valence-corrected chi connectivity index (χ0v) is 22.0. The molecular formula is C28H23F2N5O4S. The van der Waals surface area contributed by atoms with Crippen molar-refractivity contribution in [2.24, 2.45) is 0 Å². The third-order valence-corrected chi connectivity index (χ3v) is 7.71. The van der Waals surface area contributed by atoms with Gasteiger partial charge in [-0.2, -0.15) is 0 Å². The molecule has 3 N–H and O–H groups in total. The number of ether oxygens (including phenoxy) is 1. The lowest BCUT2D eigenvalue weighted by Gasteiger charge is -2.15. The van der Waals surface area contributed by atoms with E-state index in [-0.39, 0.29) is 44.5 Å². The number of nitrogens with two attached hydrogens (primary N) is 1. The Morgan fingerprint density at radius 3 is 2.45 bits per heavy atom. The van der Waals surface area contributed by atoms with Crippen molar-refractivity contribution in [3.8, 4) is 22.7 Å². The Kier molecular flexibility index (Phi) is 7.18. The Hall–Kier alpha value is -4.84. The Bertz CT molecular complexity index is 1900. The molecule has 0 radical (unpaired) electrons. The third kappa shape index (κ3) is 4.96. The Morgan fingerprint density at radius 1 is 0.975 bits per heavy atom. The molecule has 0 aliphatic carbocycles. The van der Waals surface area contributed by atoms with E-state index in [4.69, 9.17) is 10.5 Å². The molecule has 0 saturated carbocycles. The molecule has 204 valence electrons. The fourth-order valence-corrected chi connectivity index (χ4v) is 5.59. The van der Waals surface area contributed by atoms with E-state index in [2.05, 4.69) is 14.7 Å². The second kappa shape index (κ2) is 10.7. The molecule has 0 fully saturated rings. The quantitative estimate of drug-likeness (QED) is 0.278. The van der Waals surface area contributed by atoms with E-state index in [1.807, 2.05) is 6.07 Å². The fourth-order valence-electron chi connectivity index (χ4n) is 4.34. The van der Waals surface area contributed by atoms with Crippen LogP contribution in [0, 0.1) is 0 Å². The summed E-state index contributed by atoms with van der Waals surface area (Å²) >= 11 is 0. The number of hydrogen-bond acceptors (Lipinski definition) is 7. The second-order valence-electron chi connectivity index (χ2n) is 8.77. The number of hydrogen-bond donors (Lipinski definition) is 2. The van der Waals surface area contributed by atoms with Gasteiger partial charge in [0.2, 0.25) is 11.8 Å². The number of pyridine rings is 1. The lowest BCUT2D eigenvalue weighted by Crippen LogP contribution is -2.23. The van der Waals surface area contributed by atoms with Crippen molar-refractivity contribution in [2.45, 2.75) is 18.2 Å². The number of sulfonamides is 1. The zero-order valence-electron chi connectivity index (χ0n) is 21.1. The number of methoxy groups -OCH3 is 1. The summed E-state index contributed by atoms with van der Waals surface area (Å²) in [5, 5.41) is 0.286. The highest BCUT2D eigenvalue weighted by Crippen LogP contribution is 2.32. The summed E-state index contributed by atoms with van der Waals surface area (Å²) in [6.45, 7) is -1.96. The SMILES string of the molecule is COc1ncc(-c2ccc3nc(N)n(-c4ccccc4)c(=O)c3c2)cc1NS(=O)(=O)c1ccc(CF)cc1CF. The maximum absolute atomic E-state index is 13.6. The van der Waals surface area contributed by atoms with Crippen molar-refractivity contribution in [2.75, 3.05) is 17.6 Å². The van der Waals surface area contributed by atoms with Crippen LogP contribution >= 0.6 is 0 Å². The molecule has 3 aromatic carbocycles. The van der Waals surface area contributed by atoms with Gasteiger partial charge in [-0.1, -0.05) is 30.3 Å². The first-order valence-electron chi connectivity index (χ1n) is 11.9. The van der Waals surface area contributed by atoms with E-state index < -0.39 is 23.4 Å². The predicted molar refractivity (Wildman–Crippen MR) is 148 cm³/mol. The van der Waals surface area contributed by atoms with E-state index in [0.717, 1.165) is 6.07 Å². The Morgan fingerprint density at radius 2 is 1.75 bits per heavy atom. The van der Waals surface area contributed by atoms with Crippen LogP contribution in [0.2, 0.25) is 0 Å². The third-order valence-electron chi connectivity index (χ3n) is 6.24. The topological polar surface area (TPSA) is 129 Å². The fraction of sp³-hybridized carbons (Fsp3) is 0.107. The van der Waals surface area contributed by atoms with Gasteiger partial charge in [-0.25, -0.2) is 31.7 Å². The average molecular weight is 564 g/mol. The number of alkyl halides is 2. The average Bonchev–Trinajstić information content (AvgIpc) is 2.97. The molecule has 0 atom stereocenters. The van der Waals surface area contributed by atoms with E-state index >= 15 is 0 Å². The number of aromatic nitrogens is 3. The molecule has 0 amide bonds. The van der Waals surface area contributed by atoms with Gasteiger partial charge in [0.15, 0.2) is 0 Å². The van der Waals surface area contributed by atoms with Crippen LogP contribution in [-0.2, 0) is 23.4 Å². The lowest BCUT2D eigenvalue weighted by molar-refractivity contribution is 0.400. The Labute approximate surface area is 228 Å². The summed E-state index contributed by atoms with van der Waals surface area (Å²) < 4.78 is 62.0. The summed E-state index contributed by atoms with van der Waals surface area (Å²) in [5.74, 6) is 0.00242. The van der Waals surface area contributed by atoms with Crippen LogP contribution in [0.3, 0.4) is 0 Å². The van der Waals surface area contributed by atoms with Gasteiger partial charge in [0, 0.05) is 17.3 Å². The van der Waals surface area contributed by atoms with Crippen LogP contribution in [0.1, 0.15) is 11.1 Å². The number of benzene rings is 3. The number of para-hydroxylation sites is 1. The maximum atomic E-state index is 13.6. The first-order valence-corrected chi connectivity index (χ1v) is 13.4. The van der Waals surface area contributed by atoms with Crippen molar-refractivity contribution >= 4 is 32.6 Å². The van der Waals surface area contributed by atoms with Crippen LogP contribution in [0.5, 0.6) is 5.88 Å². The number of rotatable bonds is 8. The summed E-state index contributed by atoms with van der Waals surface area (Å²) in [6.07, 6.45) is 1.46. The van der Waals surface area contributed by atoms with E-state index in [9.17, 15) is 22.0 Å². The molecule has 2 aromatic heterocycles. The highest BCUT2D eigenvalue weighted by atomic mass is 32.2. The second-order valence-corrected chi connectivity index (χ2v) is 10.4. The summed E-state index contributed by atoms with van der Waals surface area (Å²) in [4.78, 5) is 21.6. The van der Waals surface area contributed by atoms with Gasteiger partial charge >= 0.3 is 0 Å². The van der Waals surface area contributed by atoms with E-state index in [1.54, 1.807) is 42.5 Å². The predicted octanol–water partition coefficient (Wildman–Crippen LogP) is 4.78. The number of fused-ring (bicyclic) bond motifs is 1. The van der Waals surface area contributed by atoms with Gasteiger partial charge in [0.25, 0.3) is 15.6 Å². The maximum Gasteiger partial charge on any atom is 0.267 e. The smallest absolute Gasteiger partial charge is 0.267 e. The van der Waals surface area contributed by atoms with Crippen molar-refractivity contribution in [1.82, 2.24) is 14.5 Å². The van der Waals surface area contributed by atoms with Gasteiger partial charge in [-0.3, -0.25) is 9.52 Å². The van der Waals surface area contributed by atoms with Crippen molar-refractivity contribution < 1.29 is 21.9 Å². The normalized spacial score (nSPS) is 11.5. The van der Waals surface area contributed by atoms with Gasteiger partial charge in [0.05, 0.1) is 28.6 Å². The first kappa shape index (κ1) is 26.8. The van der Waals surface area contributed by atoms with Gasteiger partial charge < -0.3 is 10.5 Å². The van der Waals surface area contributed by atoms with Crippen molar-refractivity contribution in [3.05, 3.63) is 100 Å². The molecule has 0 bridgehead atoms. The van der Waals surface area contributed by atoms with Gasteiger partial charge in [-0.05, 0) is 53.6 Å². The Balaban J connectivity index is 1.58. The van der Waals surface area contributed by atoms with Crippen LogP contribution in [0.4, 0.5) is 20.4 Å². The largest absolute Gasteiger partial charge is 0.480 e. The van der Waals surface area contributed by atoms with Crippen LogP contribution < -0.4 is 20.8 Å². The molecule has 0 aliphatic heterocycles. The molecule has 5 aromatic rings. The van der Waals surface area contributed by atoms with Crippen LogP contribution in [0.25, 0.3) is 27.7 Å². The standard InChI is InChI=1S/C28H23F2N5O4S/c1-39-26-24(34-40(37,38)25-10-7-17(14-29)11-19(25)15-30)13-20(16-32-26)18-8-9-23-22(12-18)27(36)35(28(31)33-23)21-5-3-2-4-6-21/h2-13,16,34H,14-15H2,1H3,(H2,31,33). The zero-order chi connectivity index (χ0) is 28.4. The molecule has 9 nitrogen and oxygen atoms in total. The molecule has 12 heteroatoms. The molecule has 0 unspecified atom stereocenters.